The summed E-state index contributed by atoms with van der Waals surface area (Å²) in [6, 6.07) is 20.8. The molecule has 3 rings (SSSR count). The summed E-state index contributed by atoms with van der Waals surface area (Å²) in [4.78, 5) is 12.2. The topological polar surface area (TPSA) is 65.0 Å². The number of hydrogen-bond acceptors (Lipinski definition) is 2. The molecule has 3 N–H and O–H groups in total. The van der Waals surface area contributed by atoms with Gasteiger partial charge < -0.3 is 10.6 Å². The fourth-order valence-corrected chi connectivity index (χ4v) is 2.75. The van der Waals surface area contributed by atoms with Crippen molar-refractivity contribution in [2.45, 2.75) is 6.18 Å². The van der Waals surface area contributed by atoms with Gasteiger partial charge in [-0.1, -0.05) is 54.6 Å². The lowest BCUT2D eigenvalue weighted by Gasteiger charge is -2.10. The Labute approximate surface area is 171 Å². The lowest BCUT2D eigenvalue weighted by Crippen LogP contribution is -2.12. The van der Waals surface area contributed by atoms with Crippen LogP contribution < -0.4 is 10.6 Å². The van der Waals surface area contributed by atoms with Gasteiger partial charge in [-0.05, 0) is 35.9 Å². The minimum atomic E-state index is -4.50. The van der Waals surface area contributed by atoms with Gasteiger partial charge in [0.25, 0.3) is 0 Å². The van der Waals surface area contributed by atoms with Gasteiger partial charge >= 0.3 is 6.18 Å². The number of nitrogens with one attached hydrogen (secondary N) is 3. The summed E-state index contributed by atoms with van der Waals surface area (Å²) in [5, 5.41) is 13.7. The summed E-state index contributed by atoms with van der Waals surface area (Å²) in [7, 11) is 0. The van der Waals surface area contributed by atoms with Crippen molar-refractivity contribution in [2.24, 2.45) is 0 Å². The van der Waals surface area contributed by atoms with Crippen molar-refractivity contribution >= 4 is 29.2 Å². The monoisotopic (exact) mass is 409 g/mol. The Morgan fingerprint density at radius 1 is 0.833 bits per heavy atom. The summed E-state index contributed by atoms with van der Waals surface area (Å²) < 4.78 is 39.1. The Bertz CT molecular complexity index is 1080. The molecule has 0 radical (unpaired) electrons. The number of carbonyl (C=O) groups excluding carboxylic acids is 1. The van der Waals surface area contributed by atoms with Crippen LogP contribution in [0.4, 0.5) is 24.5 Å². The van der Waals surface area contributed by atoms with Crippen LogP contribution in [0, 0.1) is 5.41 Å². The first-order valence-corrected chi connectivity index (χ1v) is 8.99. The first-order chi connectivity index (χ1) is 14.3. The van der Waals surface area contributed by atoms with Crippen molar-refractivity contribution in [3.05, 3.63) is 102 Å². The first kappa shape index (κ1) is 20.9. The molecule has 0 saturated heterocycles. The van der Waals surface area contributed by atoms with Gasteiger partial charge in [0.05, 0.1) is 5.56 Å². The molecule has 30 heavy (non-hydrogen) atoms. The molecule has 0 atom stereocenters. The molecule has 0 aliphatic rings. The normalized spacial score (nSPS) is 11.3. The molecule has 4 nitrogen and oxygen atoms in total. The fraction of sp³-hybridized carbons (Fsp3) is 0.0435. The number of amides is 1. The maximum atomic E-state index is 13.0. The Kier molecular flexibility index (Phi) is 6.32. The number of benzene rings is 3. The lowest BCUT2D eigenvalue weighted by molar-refractivity contribution is -0.137. The average molecular weight is 409 g/mol. The quantitative estimate of drug-likeness (QED) is 0.283. The molecule has 0 aliphatic carbocycles. The van der Waals surface area contributed by atoms with Gasteiger partial charge in [-0.2, -0.15) is 13.2 Å². The summed E-state index contributed by atoms with van der Waals surface area (Å²) in [6.45, 7) is 0. The molecule has 0 aromatic heterocycles. The third kappa shape index (κ3) is 5.57. The van der Waals surface area contributed by atoms with Gasteiger partial charge in [-0.15, -0.1) is 0 Å². The van der Waals surface area contributed by atoms with Gasteiger partial charge in [-0.3, -0.25) is 10.2 Å². The van der Waals surface area contributed by atoms with Gasteiger partial charge in [-0.25, -0.2) is 0 Å². The highest BCUT2D eigenvalue weighted by atomic mass is 19.4. The molecule has 7 heteroatoms. The minimum Gasteiger partial charge on any atom is -0.340 e. The van der Waals surface area contributed by atoms with E-state index in [2.05, 4.69) is 10.6 Å². The zero-order chi connectivity index (χ0) is 21.6. The van der Waals surface area contributed by atoms with Crippen molar-refractivity contribution in [2.75, 3.05) is 10.6 Å². The summed E-state index contributed by atoms with van der Waals surface area (Å²) in [6.07, 6.45) is -2.32. The number of carbonyl (C=O) groups is 1. The highest BCUT2D eigenvalue weighted by Gasteiger charge is 2.32. The molecule has 3 aromatic rings. The van der Waals surface area contributed by atoms with E-state index in [0.29, 0.717) is 16.9 Å². The number of amidine groups is 1. The van der Waals surface area contributed by atoms with Crippen molar-refractivity contribution in [1.29, 1.82) is 5.41 Å². The zero-order valence-corrected chi connectivity index (χ0v) is 15.7. The number of halogens is 3. The molecule has 1 amide bonds. The number of hydrogen-bond donors (Lipinski definition) is 3. The molecule has 0 aliphatic heterocycles. The van der Waals surface area contributed by atoms with Crippen LogP contribution in [0.2, 0.25) is 0 Å². The second-order valence-corrected chi connectivity index (χ2v) is 6.35. The third-order valence-electron chi connectivity index (χ3n) is 4.14. The van der Waals surface area contributed by atoms with Gasteiger partial charge in [0, 0.05) is 23.0 Å². The molecule has 3 aromatic carbocycles. The van der Waals surface area contributed by atoms with E-state index in [4.69, 9.17) is 5.41 Å². The molecule has 152 valence electrons. The highest BCUT2D eigenvalue weighted by molar-refractivity contribution is 6.07. The molecule has 0 unspecified atom stereocenters. The predicted octanol–water partition coefficient (Wildman–Crippen LogP) is 5.79. The molecule has 0 heterocycles. The standard InChI is InChI=1S/C23H18F3N3O/c24-23(25,26)20-12-5-4-7-16(20)13-14-21(30)28-18-10-6-11-19(15-18)29-22(27)17-8-2-1-3-9-17/h1-15H,(H2,27,29)(H,28,30)/b14-13+. The summed E-state index contributed by atoms with van der Waals surface area (Å²) in [5.74, 6) is -0.370. The third-order valence-corrected chi connectivity index (χ3v) is 4.14. The van der Waals surface area contributed by atoms with Crippen molar-refractivity contribution < 1.29 is 18.0 Å². The van der Waals surface area contributed by atoms with E-state index in [0.717, 1.165) is 18.2 Å². The zero-order valence-electron chi connectivity index (χ0n) is 15.7. The Morgan fingerprint density at radius 2 is 1.47 bits per heavy atom. The molecule has 0 bridgehead atoms. The maximum absolute atomic E-state index is 13.0. The van der Waals surface area contributed by atoms with E-state index >= 15 is 0 Å². The average Bonchev–Trinajstić information content (AvgIpc) is 2.73. The molecular formula is C23H18F3N3O. The van der Waals surface area contributed by atoms with Crippen LogP contribution in [-0.2, 0) is 11.0 Å². The number of anilines is 2. The fourth-order valence-electron chi connectivity index (χ4n) is 2.75. The maximum Gasteiger partial charge on any atom is 0.416 e. The van der Waals surface area contributed by atoms with E-state index in [1.54, 1.807) is 36.4 Å². The second-order valence-electron chi connectivity index (χ2n) is 6.35. The van der Waals surface area contributed by atoms with Crippen LogP contribution in [0.1, 0.15) is 16.7 Å². The number of rotatable bonds is 5. The van der Waals surface area contributed by atoms with E-state index in [1.165, 1.54) is 18.2 Å². The smallest absolute Gasteiger partial charge is 0.340 e. The Balaban J connectivity index is 1.67. The number of alkyl halides is 3. The molecular weight excluding hydrogens is 391 g/mol. The van der Waals surface area contributed by atoms with E-state index < -0.39 is 17.6 Å². The van der Waals surface area contributed by atoms with Crippen LogP contribution in [0.3, 0.4) is 0 Å². The van der Waals surface area contributed by atoms with E-state index in [9.17, 15) is 18.0 Å². The predicted molar refractivity (Wildman–Crippen MR) is 112 cm³/mol. The Morgan fingerprint density at radius 3 is 2.17 bits per heavy atom. The Hall–Kier alpha value is -3.87. The van der Waals surface area contributed by atoms with Crippen molar-refractivity contribution in [3.63, 3.8) is 0 Å². The van der Waals surface area contributed by atoms with Crippen molar-refractivity contribution in [3.8, 4) is 0 Å². The second kappa shape index (κ2) is 9.09. The summed E-state index contributed by atoms with van der Waals surface area (Å²) >= 11 is 0. The van der Waals surface area contributed by atoms with Crippen LogP contribution in [0.25, 0.3) is 6.08 Å². The largest absolute Gasteiger partial charge is 0.416 e. The highest BCUT2D eigenvalue weighted by Crippen LogP contribution is 2.32. The van der Waals surface area contributed by atoms with Crippen LogP contribution in [-0.4, -0.2) is 11.7 Å². The SMILES string of the molecule is N=C(Nc1cccc(NC(=O)/C=C/c2ccccc2C(F)(F)F)c1)c1ccccc1. The van der Waals surface area contributed by atoms with E-state index in [-0.39, 0.29) is 11.4 Å². The van der Waals surface area contributed by atoms with Crippen LogP contribution in [0.15, 0.2) is 84.9 Å². The van der Waals surface area contributed by atoms with Gasteiger partial charge in [0.1, 0.15) is 5.84 Å². The lowest BCUT2D eigenvalue weighted by atomic mass is 10.1. The van der Waals surface area contributed by atoms with Gasteiger partial charge in [0.2, 0.25) is 5.91 Å². The molecule has 0 saturated carbocycles. The van der Waals surface area contributed by atoms with Gasteiger partial charge in [0.15, 0.2) is 0 Å². The first-order valence-electron chi connectivity index (χ1n) is 8.99. The summed E-state index contributed by atoms with van der Waals surface area (Å²) in [5.41, 5.74) is 0.845. The van der Waals surface area contributed by atoms with Crippen LogP contribution in [0.5, 0.6) is 0 Å². The molecule has 0 spiro atoms. The van der Waals surface area contributed by atoms with Crippen molar-refractivity contribution in [1.82, 2.24) is 0 Å². The molecule has 0 fully saturated rings. The van der Waals surface area contributed by atoms with Crippen LogP contribution >= 0.6 is 0 Å². The minimum absolute atomic E-state index is 0.0909. The van der Waals surface area contributed by atoms with E-state index in [1.807, 2.05) is 18.2 Å².